The van der Waals surface area contributed by atoms with Crippen molar-refractivity contribution >= 4 is 5.91 Å². The van der Waals surface area contributed by atoms with Gasteiger partial charge in [-0.25, -0.2) is 0 Å². The molecule has 1 N–H and O–H groups in total. The lowest BCUT2D eigenvalue weighted by Gasteiger charge is -2.36. The number of hydrogen-bond donors (Lipinski definition) is 1. The molecule has 2 rings (SSSR count). The third-order valence-corrected chi connectivity index (χ3v) is 3.26. The fourth-order valence-corrected chi connectivity index (χ4v) is 2.39. The van der Waals surface area contributed by atoms with Crippen molar-refractivity contribution < 1.29 is 13.9 Å². The van der Waals surface area contributed by atoms with Crippen LogP contribution in [-0.4, -0.2) is 42.1 Å². The van der Waals surface area contributed by atoms with Crippen molar-refractivity contribution in [1.29, 1.82) is 0 Å². The number of rotatable bonds is 4. The highest BCUT2D eigenvalue weighted by Crippen LogP contribution is 2.12. The van der Waals surface area contributed by atoms with Crippen LogP contribution in [-0.2, 0) is 16.1 Å². The summed E-state index contributed by atoms with van der Waals surface area (Å²) >= 11 is 0. The van der Waals surface area contributed by atoms with E-state index in [1.807, 2.05) is 37.8 Å². The number of ether oxygens (including phenoxy) is 1. The Hall–Kier alpha value is -1.33. The number of nitrogens with one attached hydrogen (secondary N) is 1. The summed E-state index contributed by atoms with van der Waals surface area (Å²) in [5, 5.41) is 3.19. The molecule has 19 heavy (non-hydrogen) atoms. The predicted molar refractivity (Wildman–Crippen MR) is 71.6 cm³/mol. The van der Waals surface area contributed by atoms with E-state index in [-0.39, 0.29) is 24.2 Å². The van der Waals surface area contributed by atoms with Crippen molar-refractivity contribution in [2.75, 3.05) is 13.1 Å². The lowest BCUT2D eigenvalue weighted by Crippen LogP contribution is -2.53. The first-order valence-electron chi connectivity index (χ1n) is 6.76. The second-order valence-corrected chi connectivity index (χ2v) is 5.18. The lowest BCUT2D eigenvalue weighted by molar-refractivity contribution is -0.145. The summed E-state index contributed by atoms with van der Waals surface area (Å²) in [6.45, 7) is 7.77. The van der Waals surface area contributed by atoms with E-state index in [1.54, 1.807) is 6.26 Å². The molecule has 2 heterocycles. The van der Waals surface area contributed by atoms with Gasteiger partial charge in [-0.2, -0.15) is 0 Å². The zero-order chi connectivity index (χ0) is 13.8. The Balaban J connectivity index is 1.84. The molecule has 1 aliphatic rings. The summed E-state index contributed by atoms with van der Waals surface area (Å²) < 4.78 is 10.9. The minimum absolute atomic E-state index is 0.102. The van der Waals surface area contributed by atoms with E-state index in [0.717, 1.165) is 5.76 Å². The SMILES string of the molecule is C[C@@H]1CN(C(=O)[C@H](C)NCc2ccco2)C[C@@H](C)O1. The molecule has 0 aliphatic carbocycles. The van der Waals surface area contributed by atoms with Crippen molar-refractivity contribution in [1.82, 2.24) is 10.2 Å². The van der Waals surface area contributed by atoms with Gasteiger partial charge in [0.15, 0.2) is 0 Å². The minimum atomic E-state index is -0.220. The largest absolute Gasteiger partial charge is 0.468 e. The summed E-state index contributed by atoms with van der Waals surface area (Å²) in [5.41, 5.74) is 0. The molecular weight excluding hydrogens is 244 g/mol. The summed E-state index contributed by atoms with van der Waals surface area (Å²) in [5.74, 6) is 0.955. The molecule has 1 amide bonds. The van der Waals surface area contributed by atoms with E-state index in [9.17, 15) is 4.79 Å². The van der Waals surface area contributed by atoms with E-state index >= 15 is 0 Å². The van der Waals surface area contributed by atoms with Crippen LogP contribution >= 0.6 is 0 Å². The standard InChI is InChI=1S/C14H22N2O3/c1-10-8-16(9-11(2)19-10)14(17)12(3)15-7-13-5-4-6-18-13/h4-6,10-12,15H,7-9H2,1-3H3/t10-,11-,12+/m1/s1. The van der Waals surface area contributed by atoms with Gasteiger partial charge in [0.2, 0.25) is 5.91 Å². The fraction of sp³-hybridized carbons (Fsp3) is 0.643. The maximum absolute atomic E-state index is 12.3. The van der Waals surface area contributed by atoms with Gasteiger partial charge in [-0.1, -0.05) is 0 Å². The first-order chi connectivity index (χ1) is 9.06. The highest BCUT2D eigenvalue weighted by Gasteiger charge is 2.28. The Morgan fingerprint density at radius 3 is 2.74 bits per heavy atom. The van der Waals surface area contributed by atoms with Gasteiger partial charge in [0.05, 0.1) is 31.1 Å². The zero-order valence-electron chi connectivity index (χ0n) is 11.8. The van der Waals surface area contributed by atoms with E-state index < -0.39 is 0 Å². The number of furan rings is 1. The van der Waals surface area contributed by atoms with Crippen LogP contribution in [0.15, 0.2) is 22.8 Å². The number of amides is 1. The van der Waals surface area contributed by atoms with E-state index in [4.69, 9.17) is 9.15 Å². The molecule has 106 valence electrons. The molecule has 5 heteroatoms. The van der Waals surface area contributed by atoms with Crippen LogP contribution < -0.4 is 5.32 Å². The van der Waals surface area contributed by atoms with E-state index in [2.05, 4.69) is 5.32 Å². The molecule has 1 aromatic heterocycles. The molecule has 0 spiro atoms. The normalized spacial score (nSPS) is 25.3. The molecule has 0 saturated carbocycles. The molecule has 1 aliphatic heterocycles. The molecule has 0 unspecified atom stereocenters. The second kappa shape index (κ2) is 6.21. The van der Waals surface area contributed by atoms with Gasteiger partial charge < -0.3 is 14.1 Å². The summed E-state index contributed by atoms with van der Waals surface area (Å²) in [6.07, 6.45) is 1.84. The summed E-state index contributed by atoms with van der Waals surface area (Å²) in [4.78, 5) is 14.2. The monoisotopic (exact) mass is 266 g/mol. The zero-order valence-corrected chi connectivity index (χ0v) is 11.8. The van der Waals surface area contributed by atoms with Crippen LogP contribution in [0.2, 0.25) is 0 Å². The topological polar surface area (TPSA) is 54.7 Å². The Labute approximate surface area is 113 Å². The summed E-state index contributed by atoms with van der Waals surface area (Å²) in [7, 11) is 0. The molecule has 5 nitrogen and oxygen atoms in total. The number of hydrogen-bond acceptors (Lipinski definition) is 4. The smallest absolute Gasteiger partial charge is 0.239 e. The van der Waals surface area contributed by atoms with Crippen LogP contribution in [0.1, 0.15) is 26.5 Å². The van der Waals surface area contributed by atoms with Gasteiger partial charge in [-0.15, -0.1) is 0 Å². The van der Waals surface area contributed by atoms with Gasteiger partial charge in [-0.3, -0.25) is 10.1 Å². The van der Waals surface area contributed by atoms with Crippen molar-refractivity contribution in [2.45, 2.75) is 45.6 Å². The highest BCUT2D eigenvalue weighted by atomic mass is 16.5. The van der Waals surface area contributed by atoms with Crippen molar-refractivity contribution in [2.24, 2.45) is 0 Å². The Morgan fingerprint density at radius 1 is 1.47 bits per heavy atom. The van der Waals surface area contributed by atoms with Crippen LogP contribution in [0.25, 0.3) is 0 Å². The van der Waals surface area contributed by atoms with Crippen molar-refractivity contribution in [3.05, 3.63) is 24.2 Å². The molecule has 0 radical (unpaired) electrons. The van der Waals surface area contributed by atoms with Gasteiger partial charge in [0, 0.05) is 13.1 Å². The maximum Gasteiger partial charge on any atom is 0.239 e. The molecule has 0 bridgehead atoms. The Bertz CT molecular complexity index is 395. The van der Waals surface area contributed by atoms with Crippen LogP contribution in [0.3, 0.4) is 0 Å². The van der Waals surface area contributed by atoms with Crippen LogP contribution in [0.5, 0.6) is 0 Å². The number of nitrogens with zero attached hydrogens (tertiary/aromatic N) is 1. The van der Waals surface area contributed by atoms with Gasteiger partial charge >= 0.3 is 0 Å². The highest BCUT2D eigenvalue weighted by molar-refractivity contribution is 5.81. The van der Waals surface area contributed by atoms with Gasteiger partial charge in [-0.05, 0) is 32.9 Å². The molecule has 0 aromatic carbocycles. The molecule has 1 fully saturated rings. The van der Waals surface area contributed by atoms with Gasteiger partial charge in [0.25, 0.3) is 0 Å². The Morgan fingerprint density at radius 2 is 2.16 bits per heavy atom. The van der Waals surface area contributed by atoms with Crippen LogP contribution in [0.4, 0.5) is 0 Å². The van der Waals surface area contributed by atoms with Gasteiger partial charge in [0.1, 0.15) is 5.76 Å². The molecule has 1 saturated heterocycles. The fourth-order valence-electron chi connectivity index (χ4n) is 2.39. The lowest BCUT2D eigenvalue weighted by atomic mass is 10.2. The van der Waals surface area contributed by atoms with E-state index in [1.165, 1.54) is 0 Å². The van der Waals surface area contributed by atoms with Crippen LogP contribution in [0, 0.1) is 0 Å². The predicted octanol–water partition coefficient (Wildman–Crippen LogP) is 1.39. The van der Waals surface area contributed by atoms with E-state index in [0.29, 0.717) is 19.6 Å². The Kier molecular flexibility index (Phi) is 4.61. The average molecular weight is 266 g/mol. The first kappa shape index (κ1) is 14.1. The second-order valence-electron chi connectivity index (χ2n) is 5.18. The molecule has 1 aromatic rings. The third kappa shape index (κ3) is 3.81. The average Bonchev–Trinajstić information content (AvgIpc) is 2.87. The molecule has 3 atom stereocenters. The number of carbonyl (C=O) groups excluding carboxylic acids is 1. The quantitative estimate of drug-likeness (QED) is 0.895. The molecular formula is C14H22N2O3. The van der Waals surface area contributed by atoms with Crippen molar-refractivity contribution in [3.8, 4) is 0 Å². The number of carbonyl (C=O) groups is 1. The first-order valence-corrected chi connectivity index (χ1v) is 6.76. The third-order valence-electron chi connectivity index (χ3n) is 3.26. The summed E-state index contributed by atoms with van der Waals surface area (Å²) in [6, 6.07) is 3.51. The van der Waals surface area contributed by atoms with Crippen molar-refractivity contribution in [3.63, 3.8) is 0 Å². The minimum Gasteiger partial charge on any atom is -0.468 e. The maximum atomic E-state index is 12.3. The number of morpholine rings is 1.